The molecule has 1 aromatic rings. The molecule has 4 N–H and O–H groups in total. The lowest BCUT2D eigenvalue weighted by Gasteiger charge is -2.14. The first kappa shape index (κ1) is 15.0. The number of hydrogen-bond donors (Lipinski definition) is 3. The molecule has 1 aromatic carbocycles. The lowest BCUT2D eigenvalue weighted by molar-refractivity contribution is -0.137. The van der Waals surface area contributed by atoms with Gasteiger partial charge in [-0.1, -0.05) is 12.1 Å². The summed E-state index contributed by atoms with van der Waals surface area (Å²) in [4.78, 5) is 21.7. The number of primary amides is 1. The molecule has 1 amide bonds. The fourth-order valence-electron chi connectivity index (χ4n) is 1.60. The van der Waals surface area contributed by atoms with Crippen molar-refractivity contribution >= 4 is 11.9 Å². The predicted molar refractivity (Wildman–Crippen MR) is 69.7 cm³/mol. The number of carbonyl (C=O) groups is 2. The molecule has 1 atom stereocenters. The lowest BCUT2D eigenvalue weighted by atomic mass is 10.1. The number of nitrogens with two attached hydrogens (primary N) is 1. The molecule has 0 spiro atoms. The number of ether oxygens (including phenoxy) is 1. The lowest BCUT2D eigenvalue weighted by Crippen LogP contribution is -2.41. The van der Waals surface area contributed by atoms with Crippen LogP contribution in [0.4, 0.5) is 0 Å². The van der Waals surface area contributed by atoms with Gasteiger partial charge in [0.2, 0.25) is 5.91 Å². The molecule has 0 heterocycles. The van der Waals surface area contributed by atoms with E-state index < -0.39 is 17.9 Å². The first-order valence-corrected chi connectivity index (χ1v) is 5.90. The van der Waals surface area contributed by atoms with Gasteiger partial charge in [0.15, 0.2) is 0 Å². The summed E-state index contributed by atoms with van der Waals surface area (Å²) in [6, 6.07) is 6.71. The molecule has 0 saturated heterocycles. The van der Waals surface area contributed by atoms with Gasteiger partial charge in [-0.05, 0) is 24.1 Å². The van der Waals surface area contributed by atoms with Gasteiger partial charge in [-0.15, -0.1) is 0 Å². The Morgan fingerprint density at radius 2 is 2.00 bits per heavy atom. The van der Waals surface area contributed by atoms with Crippen molar-refractivity contribution in [3.8, 4) is 5.75 Å². The minimum absolute atomic E-state index is 0.0940. The summed E-state index contributed by atoms with van der Waals surface area (Å²) < 4.78 is 5.04. The first-order valence-electron chi connectivity index (χ1n) is 5.90. The van der Waals surface area contributed by atoms with Crippen molar-refractivity contribution in [3.63, 3.8) is 0 Å². The fraction of sp³-hybridized carbons (Fsp3) is 0.385. The Morgan fingerprint density at radius 3 is 2.47 bits per heavy atom. The zero-order chi connectivity index (χ0) is 14.3. The third-order valence-corrected chi connectivity index (χ3v) is 2.70. The summed E-state index contributed by atoms with van der Waals surface area (Å²) in [6.07, 6.45) is 0.0873. The van der Waals surface area contributed by atoms with Crippen LogP contribution in [0, 0.1) is 0 Å². The number of carbonyl (C=O) groups excluding carboxylic acids is 1. The van der Waals surface area contributed by atoms with E-state index in [1.54, 1.807) is 7.11 Å². The van der Waals surface area contributed by atoms with Crippen LogP contribution in [-0.4, -0.2) is 30.1 Å². The summed E-state index contributed by atoms with van der Waals surface area (Å²) >= 11 is 0. The number of benzene rings is 1. The largest absolute Gasteiger partial charge is 0.497 e. The number of methoxy groups -OCH3 is 1. The highest BCUT2D eigenvalue weighted by molar-refractivity contribution is 5.80. The Morgan fingerprint density at radius 1 is 1.37 bits per heavy atom. The quantitative estimate of drug-likeness (QED) is 0.636. The molecular weight excluding hydrogens is 248 g/mol. The molecule has 6 heteroatoms. The molecule has 0 unspecified atom stereocenters. The van der Waals surface area contributed by atoms with E-state index in [0.717, 1.165) is 11.3 Å². The number of amides is 1. The average molecular weight is 266 g/mol. The molecule has 0 radical (unpaired) electrons. The van der Waals surface area contributed by atoms with Crippen LogP contribution in [0.5, 0.6) is 5.75 Å². The van der Waals surface area contributed by atoms with E-state index in [0.29, 0.717) is 6.54 Å². The van der Waals surface area contributed by atoms with Crippen molar-refractivity contribution < 1.29 is 19.4 Å². The second-order valence-electron chi connectivity index (χ2n) is 4.12. The highest BCUT2D eigenvalue weighted by atomic mass is 16.5. The van der Waals surface area contributed by atoms with Crippen LogP contribution in [0.2, 0.25) is 0 Å². The monoisotopic (exact) mass is 266 g/mol. The van der Waals surface area contributed by atoms with Gasteiger partial charge in [-0.2, -0.15) is 0 Å². The molecule has 0 saturated carbocycles. The third-order valence-electron chi connectivity index (χ3n) is 2.70. The SMILES string of the molecule is COc1ccc(CN[C@@H](CCC(=O)O)C(N)=O)cc1. The summed E-state index contributed by atoms with van der Waals surface area (Å²) in [7, 11) is 1.59. The van der Waals surface area contributed by atoms with E-state index in [1.165, 1.54) is 0 Å². The van der Waals surface area contributed by atoms with Crippen LogP contribution in [0.25, 0.3) is 0 Å². The van der Waals surface area contributed by atoms with E-state index in [1.807, 2.05) is 24.3 Å². The molecule has 0 aliphatic heterocycles. The van der Waals surface area contributed by atoms with Crippen LogP contribution in [0.15, 0.2) is 24.3 Å². The molecule has 104 valence electrons. The molecule has 19 heavy (non-hydrogen) atoms. The molecule has 1 rings (SSSR count). The Balaban J connectivity index is 2.50. The first-order chi connectivity index (χ1) is 9.02. The minimum Gasteiger partial charge on any atom is -0.497 e. The number of nitrogens with one attached hydrogen (secondary N) is 1. The standard InChI is InChI=1S/C13H18N2O4/c1-19-10-4-2-9(3-5-10)8-15-11(13(14)18)6-7-12(16)17/h2-5,11,15H,6-8H2,1H3,(H2,14,18)(H,16,17)/t11-/m0/s1. The highest BCUT2D eigenvalue weighted by Crippen LogP contribution is 2.11. The molecule has 6 nitrogen and oxygen atoms in total. The van der Waals surface area contributed by atoms with Gasteiger partial charge < -0.3 is 20.9 Å². The molecular formula is C13H18N2O4. The van der Waals surface area contributed by atoms with E-state index in [9.17, 15) is 9.59 Å². The number of rotatable bonds is 8. The van der Waals surface area contributed by atoms with Crippen molar-refractivity contribution in [3.05, 3.63) is 29.8 Å². The Hall–Kier alpha value is -2.08. The number of carboxylic acids is 1. The van der Waals surface area contributed by atoms with Gasteiger partial charge in [0.05, 0.1) is 13.2 Å². The second kappa shape index (κ2) is 7.38. The van der Waals surface area contributed by atoms with Crippen molar-refractivity contribution in [2.75, 3.05) is 7.11 Å². The molecule has 0 aliphatic rings. The van der Waals surface area contributed by atoms with Crippen LogP contribution >= 0.6 is 0 Å². The second-order valence-corrected chi connectivity index (χ2v) is 4.12. The molecule has 0 bridgehead atoms. The van der Waals surface area contributed by atoms with Crippen LogP contribution < -0.4 is 15.8 Å². The summed E-state index contributed by atoms with van der Waals surface area (Å²) in [5, 5.41) is 11.5. The van der Waals surface area contributed by atoms with E-state index in [4.69, 9.17) is 15.6 Å². The predicted octanol–water partition coefficient (Wildman–Crippen LogP) is 0.504. The van der Waals surface area contributed by atoms with Gasteiger partial charge in [-0.3, -0.25) is 9.59 Å². The van der Waals surface area contributed by atoms with Crippen molar-refractivity contribution in [1.82, 2.24) is 5.32 Å². The van der Waals surface area contributed by atoms with Gasteiger partial charge in [0, 0.05) is 13.0 Å². The molecule has 0 fully saturated rings. The fourth-order valence-corrected chi connectivity index (χ4v) is 1.60. The van der Waals surface area contributed by atoms with Crippen molar-refractivity contribution in [2.45, 2.75) is 25.4 Å². The van der Waals surface area contributed by atoms with Gasteiger partial charge in [0.25, 0.3) is 0 Å². The van der Waals surface area contributed by atoms with Crippen LogP contribution in [-0.2, 0) is 16.1 Å². The van der Waals surface area contributed by atoms with Gasteiger partial charge >= 0.3 is 5.97 Å². The topological polar surface area (TPSA) is 102 Å². The smallest absolute Gasteiger partial charge is 0.303 e. The van der Waals surface area contributed by atoms with Gasteiger partial charge in [-0.25, -0.2) is 0 Å². The Kier molecular flexibility index (Phi) is 5.81. The summed E-state index contributed by atoms with van der Waals surface area (Å²) in [6.45, 7) is 0.442. The Bertz CT molecular complexity index is 431. The molecule has 0 aromatic heterocycles. The number of aliphatic carboxylic acids is 1. The highest BCUT2D eigenvalue weighted by Gasteiger charge is 2.15. The maximum atomic E-state index is 11.2. The molecule has 0 aliphatic carbocycles. The summed E-state index contributed by atoms with van der Waals surface area (Å²) in [5.41, 5.74) is 6.18. The van der Waals surface area contributed by atoms with Gasteiger partial charge in [0.1, 0.15) is 5.75 Å². The zero-order valence-corrected chi connectivity index (χ0v) is 10.8. The van der Waals surface area contributed by atoms with E-state index in [2.05, 4.69) is 5.32 Å². The number of carboxylic acid groups (broad SMARTS) is 1. The van der Waals surface area contributed by atoms with Crippen LogP contribution in [0.1, 0.15) is 18.4 Å². The zero-order valence-electron chi connectivity index (χ0n) is 10.8. The van der Waals surface area contributed by atoms with Crippen molar-refractivity contribution in [1.29, 1.82) is 0 Å². The summed E-state index contributed by atoms with van der Waals surface area (Å²) in [5.74, 6) is -0.742. The maximum absolute atomic E-state index is 11.2. The normalized spacial score (nSPS) is 11.8. The minimum atomic E-state index is -0.947. The third kappa shape index (κ3) is 5.39. The number of hydrogen-bond acceptors (Lipinski definition) is 4. The maximum Gasteiger partial charge on any atom is 0.303 e. The van der Waals surface area contributed by atoms with Crippen LogP contribution in [0.3, 0.4) is 0 Å². The average Bonchev–Trinajstić information content (AvgIpc) is 2.38. The van der Waals surface area contributed by atoms with Crippen molar-refractivity contribution in [2.24, 2.45) is 5.73 Å². The van der Waals surface area contributed by atoms with E-state index >= 15 is 0 Å². The Labute approximate surface area is 111 Å². The van der Waals surface area contributed by atoms with E-state index in [-0.39, 0.29) is 12.8 Å².